The molecule has 0 spiro atoms. The van der Waals surface area contributed by atoms with Crippen molar-refractivity contribution in [2.75, 3.05) is 0 Å². The fourth-order valence-corrected chi connectivity index (χ4v) is 2.56. The lowest BCUT2D eigenvalue weighted by Crippen LogP contribution is -2.29. The first-order valence-corrected chi connectivity index (χ1v) is 7.19. The fourth-order valence-electron chi connectivity index (χ4n) is 2.39. The van der Waals surface area contributed by atoms with Gasteiger partial charge in [0.25, 0.3) is 0 Å². The van der Waals surface area contributed by atoms with Gasteiger partial charge in [-0.3, -0.25) is 0 Å². The first-order valence-electron chi connectivity index (χ1n) is 6.81. The van der Waals surface area contributed by atoms with Crippen molar-refractivity contribution in [2.24, 2.45) is 5.92 Å². The van der Waals surface area contributed by atoms with Crippen LogP contribution in [-0.4, -0.2) is 16.1 Å². The van der Waals surface area contributed by atoms with E-state index in [4.69, 9.17) is 16.3 Å². The van der Waals surface area contributed by atoms with Gasteiger partial charge < -0.3 is 4.74 Å². The third-order valence-electron chi connectivity index (χ3n) is 3.70. The number of halogens is 1. The van der Waals surface area contributed by atoms with Crippen LogP contribution in [0, 0.1) is 12.8 Å². The molecule has 4 heteroatoms. The molecule has 0 radical (unpaired) electrons. The van der Waals surface area contributed by atoms with E-state index in [9.17, 15) is 0 Å². The van der Waals surface area contributed by atoms with E-state index in [1.54, 1.807) is 0 Å². The van der Waals surface area contributed by atoms with Gasteiger partial charge in [-0.05, 0) is 32.1 Å². The third-order valence-corrected chi connectivity index (χ3v) is 4.07. The second-order valence-electron chi connectivity index (χ2n) is 5.13. The summed E-state index contributed by atoms with van der Waals surface area (Å²) in [6.45, 7) is 6.20. The van der Waals surface area contributed by atoms with E-state index in [1.165, 1.54) is 19.3 Å². The van der Waals surface area contributed by atoms with Crippen molar-refractivity contribution in [3.63, 3.8) is 0 Å². The molecule has 1 fully saturated rings. The third kappa shape index (κ3) is 2.94. The van der Waals surface area contributed by atoms with E-state index in [0.717, 1.165) is 24.2 Å². The zero-order valence-electron chi connectivity index (χ0n) is 11.4. The van der Waals surface area contributed by atoms with Crippen molar-refractivity contribution in [1.29, 1.82) is 0 Å². The minimum absolute atomic E-state index is 0.271. The molecule has 1 aromatic heterocycles. The predicted molar refractivity (Wildman–Crippen MR) is 73.2 cm³/mol. The average Bonchev–Trinajstić information content (AvgIpc) is 2.37. The van der Waals surface area contributed by atoms with Crippen LogP contribution in [0.15, 0.2) is 0 Å². The number of hydrogen-bond donors (Lipinski definition) is 0. The average molecular weight is 269 g/mol. The molecule has 18 heavy (non-hydrogen) atoms. The highest BCUT2D eigenvalue weighted by Gasteiger charge is 2.24. The maximum Gasteiger partial charge on any atom is 0.221 e. The van der Waals surface area contributed by atoms with Crippen molar-refractivity contribution in [3.05, 3.63) is 16.5 Å². The Morgan fingerprint density at radius 1 is 1.28 bits per heavy atom. The van der Waals surface area contributed by atoms with Gasteiger partial charge in [0.05, 0.1) is 0 Å². The van der Waals surface area contributed by atoms with Crippen LogP contribution in [0.4, 0.5) is 0 Å². The highest BCUT2D eigenvalue weighted by atomic mass is 35.5. The zero-order chi connectivity index (χ0) is 13.1. The Bertz CT molecular complexity index is 423. The number of hydrogen-bond acceptors (Lipinski definition) is 3. The second kappa shape index (κ2) is 5.87. The normalized spacial score (nSPS) is 24.0. The summed E-state index contributed by atoms with van der Waals surface area (Å²) in [4.78, 5) is 8.70. The molecular weight excluding hydrogens is 248 g/mol. The van der Waals surface area contributed by atoms with Crippen LogP contribution in [0.5, 0.6) is 5.88 Å². The first kappa shape index (κ1) is 13.6. The van der Waals surface area contributed by atoms with Crippen molar-refractivity contribution in [3.8, 4) is 5.88 Å². The molecule has 1 aliphatic rings. The Morgan fingerprint density at radius 3 is 2.67 bits per heavy atom. The van der Waals surface area contributed by atoms with Crippen molar-refractivity contribution < 1.29 is 4.74 Å². The van der Waals surface area contributed by atoms with E-state index in [2.05, 4.69) is 16.9 Å². The predicted octanol–water partition coefficient (Wildman–Crippen LogP) is 3.96. The van der Waals surface area contributed by atoms with Gasteiger partial charge in [-0.1, -0.05) is 31.9 Å². The lowest BCUT2D eigenvalue weighted by atomic mass is 9.88. The van der Waals surface area contributed by atoms with Crippen molar-refractivity contribution in [2.45, 2.75) is 59.0 Å². The Kier molecular flexibility index (Phi) is 4.44. The second-order valence-corrected chi connectivity index (χ2v) is 5.49. The summed E-state index contributed by atoms with van der Waals surface area (Å²) in [5.74, 6) is 2.02. The van der Waals surface area contributed by atoms with E-state index in [-0.39, 0.29) is 6.10 Å². The topological polar surface area (TPSA) is 35.0 Å². The molecule has 0 bridgehead atoms. The Hall–Kier alpha value is -0.830. The van der Waals surface area contributed by atoms with Crippen LogP contribution in [0.1, 0.15) is 50.9 Å². The largest absolute Gasteiger partial charge is 0.474 e. The molecule has 2 rings (SSSR count). The lowest BCUT2D eigenvalue weighted by molar-refractivity contribution is 0.0963. The molecule has 0 aliphatic heterocycles. The fraction of sp³-hybridized carbons (Fsp3) is 0.714. The maximum absolute atomic E-state index is 6.12. The number of aryl methyl sites for hydroxylation is 1. The summed E-state index contributed by atoms with van der Waals surface area (Å²) < 4.78 is 6.09. The quantitative estimate of drug-likeness (QED) is 0.779. The van der Waals surface area contributed by atoms with Crippen LogP contribution in [-0.2, 0) is 6.42 Å². The molecule has 0 saturated heterocycles. The minimum Gasteiger partial charge on any atom is -0.474 e. The Labute approximate surface area is 114 Å². The maximum atomic E-state index is 6.12. The molecule has 2 atom stereocenters. The van der Waals surface area contributed by atoms with E-state index < -0.39 is 0 Å². The van der Waals surface area contributed by atoms with Crippen LogP contribution in [0.2, 0.25) is 5.15 Å². The Morgan fingerprint density at radius 2 is 2.00 bits per heavy atom. The molecule has 0 N–H and O–H groups in total. The molecule has 3 nitrogen and oxygen atoms in total. The Balaban J connectivity index is 2.19. The molecule has 1 aromatic rings. The molecule has 1 saturated carbocycles. The molecular formula is C14H21ClN2O. The van der Waals surface area contributed by atoms with Gasteiger partial charge in [0.15, 0.2) is 0 Å². The highest BCUT2D eigenvalue weighted by Crippen LogP contribution is 2.30. The molecule has 100 valence electrons. The number of rotatable bonds is 3. The zero-order valence-corrected chi connectivity index (χ0v) is 12.1. The molecule has 0 amide bonds. The molecule has 1 heterocycles. The molecule has 0 aromatic carbocycles. The van der Waals surface area contributed by atoms with Gasteiger partial charge >= 0.3 is 0 Å². The SMILES string of the molecule is CCc1nc(Cl)c(C)c(OC2CCCCC2C)n1. The lowest BCUT2D eigenvalue weighted by Gasteiger charge is -2.29. The monoisotopic (exact) mass is 268 g/mol. The van der Waals surface area contributed by atoms with Crippen LogP contribution in [0.25, 0.3) is 0 Å². The summed E-state index contributed by atoms with van der Waals surface area (Å²) in [6, 6.07) is 0. The van der Waals surface area contributed by atoms with Gasteiger partial charge in [-0.25, -0.2) is 4.98 Å². The number of aromatic nitrogens is 2. The van der Waals surface area contributed by atoms with Gasteiger partial charge in [-0.15, -0.1) is 0 Å². The van der Waals surface area contributed by atoms with E-state index in [0.29, 0.717) is 17.0 Å². The van der Waals surface area contributed by atoms with Gasteiger partial charge in [0.2, 0.25) is 5.88 Å². The summed E-state index contributed by atoms with van der Waals surface area (Å²) >= 11 is 6.12. The minimum atomic E-state index is 0.271. The van der Waals surface area contributed by atoms with Gasteiger partial charge in [-0.2, -0.15) is 4.98 Å². The van der Waals surface area contributed by atoms with Crippen LogP contribution in [0.3, 0.4) is 0 Å². The number of ether oxygens (including phenoxy) is 1. The van der Waals surface area contributed by atoms with Crippen LogP contribution < -0.4 is 4.74 Å². The molecule has 2 unspecified atom stereocenters. The summed E-state index contributed by atoms with van der Waals surface area (Å²) in [7, 11) is 0. The van der Waals surface area contributed by atoms with E-state index >= 15 is 0 Å². The van der Waals surface area contributed by atoms with Crippen LogP contribution >= 0.6 is 11.6 Å². The highest BCUT2D eigenvalue weighted by molar-refractivity contribution is 6.30. The van der Waals surface area contributed by atoms with Crippen molar-refractivity contribution in [1.82, 2.24) is 9.97 Å². The van der Waals surface area contributed by atoms with Crippen molar-refractivity contribution >= 4 is 11.6 Å². The molecule has 1 aliphatic carbocycles. The standard InChI is InChI=1S/C14H21ClN2O/c1-4-12-16-13(15)10(3)14(17-12)18-11-8-6-5-7-9(11)2/h9,11H,4-8H2,1-3H3. The van der Waals surface area contributed by atoms with Gasteiger partial charge in [0.1, 0.15) is 17.1 Å². The first-order chi connectivity index (χ1) is 8.61. The summed E-state index contributed by atoms with van der Waals surface area (Å²) in [5.41, 5.74) is 0.853. The van der Waals surface area contributed by atoms with E-state index in [1.807, 2.05) is 13.8 Å². The smallest absolute Gasteiger partial charge is 0.221 e. The summed E-state index contributed by atoms with van der Waals surface area (Å²) in [6.07, 6.45) is 5.95. The number of nitrogens with zero attached hydrogens (tertiary/aromatic N) is 2. The summed E-state index contributed by atoms with van der Waals surface area (Å²) in [5, 5.41) is 0.514. The van der Waals surface area contributed by atoms with Gasteiger partial charge in [0, 0.05) is 12.0 Å².